The first-order chi connectivity index (χ1) is 9.99. The molecule has 2 bridgehead atoms. The van der Waals surface area contributed by atoms with Crippen LogP contribution in [-0.4, -0.2) is 17.0 Å². The number of hydrogen-bond donors (Lipinski definition) is 2. The van der Waals surface area contributed by atoms with Crippen LogP contribution in [0.4, 0.5) is 5.69 Å². The Hall–Kier alpha value is -1.52. The van der Waals surface area contributed by atoms with Gasteiger partial charge in [-0.05, 0) is 30.4 Å². The van der Waals surface area contributed by atoms with Crippen LogP contribution in [-0.2, 0) is 9.59 Å². The highest BCUT2D eigenvalue weighted by atomic mass is 35.5. The van der Waals surface area contributed by atoms with Gasteiger partial charge in [-0.1, -0.05) is 41.4 Å². The Labute approximate surface area is 131 Å². The number of hydrogen-bond acceptors (Lipinski definition) is 2. The fourth-order valence-corrected chi connectivity index (χ4v) is 3.68. The van der Waals surface area contributed by atoms with Gasteiger partial charge in [0.2, 0.25) is 5.91 Å². The summed E-state index contributed by atoms with van der Waals surface area (Å²) in [6.07, 6.45) is 4.56. The molecule has 2 N–H and O–H groups in total. The molecule has 1 fully saturated rings. The highest BCUT2D eigenvalue weighted by Crippen LogP contribution is 2.48. The Morgan fingerprint density at radius 1 is 1.14 bits per heavy atom. The molecule has 0 unspecified atom stereocenters. The van der Waals surface area contributed by atoms with Crippen LogP contribution in [0.15, 0.2) is 30.4 Å². The van der Waals surface area contributed by atoms with Gasteiger partial charge in [-0.2, -0.15) is 0 Å². The zero-order valence-corrected chi connectivity index (χ0v) is 12.4. The lowest BCUT2D eigenvalue weighted by Crippen LogP contribution is -2.36. The van der Waals surface area contributed by atoms with Crippen molar-refractivity contribution in [3.05, 3.63) is 40.4 Å². The molecular formula is C15H13Cl2NO3. The van der Waals surface area contributed by atoms with E-state index in [9.17, 15) is 14.7 Å². The van der Waals surface area contributed by atoms with E-state index in [2.05, 4.69) is 5.32 Å². The van der Waals surface area contributed by atoms with Crippen LogP contribution in [0.2, 0.25) is 10.0 Å². The quantitative estimate of drug-likeness (QED) is 0.836. The first kappa shape index (κ1) is 14.4. The SMILES string of the molecule is O=C(O)[C@@H]1[C@@H](C(=O)Nc2cccc(Cl)c2Cl)[C@H]2C=C[C@@H]1C2. The highest BCUT2D eigenvalue weighted by molar-refractivity contribution is 6.44. The Morgan fingerprint density at radius 3 is 2.48 bits per heavy atom. The first-order valence-electron chi connectivity index (χ1n) is 6.65. The minimum atomic E-state index is -0.927. The van der Waals surface area contributed by atoms with E-state index in [1.807, 2.05) is 12.2 Å². The van der Waals surface area contributed by atoms with Gasteiger partial charge in [-0.15, -0.1) is 0 Å². The van der Waals surface area contributed by atoms with Crippen molar-refractivity contribution in [2.75, 3.05) is 5.32 Å². The van der Waals surface area contributed by atoms with E-state index >= 15 is 0 Å². The largest absolute Gasteiger partial charge is 0.481 e. The maximum atomic E-state index is 12.5. The molecule has 1 saturated carbocycles. The maximum absolute atomic E-state index is 12.5. The number of benzene rings is 1. The van der Waals surface area contributed by atoms with Crippen LogP contribution in [0.1, 0.15) is 6.42 Å². The number of carbonyl (C=O) groups excluding carboxylic acids is 1. The summed E-state index contributed by atoms with van der Waals surface area (Å²) < 4.78 is 0. The summed E-state index contributed by atoms with van der Waals surface area (Å²) in [7, 11) is 0. The van der Waals surface area contributed by atoms with Crippen LogP contribution >= 0.6 is 23.2 Å². The number of nitrogens with one attached hydrogen (secondary N) is 1. The second-order valence-corrected chi connectivity index (χ2v) is 6.21. The van der Waals surface area contributed by atoms with Crippen LogP contribution < -0.4 is 5.32 Å². The Kier molecular flexibility index (Phi) is 3.68. The van der Waals surface area contributed by atoms with E-state index in [1.165, 1.54) is 0 Å². The summed E-state index contributed by atoms with van der Waals surface area (Å²) in [5.41, 5.74) is 0.407. The molecule has 21 heavy (non-hydrogen) atoms. The number of carboxylic acids is 1. The van der Waals surface area contributed by atoms with Gasteiger partial charge in [-0.25, -0.2) is 0 Å². The summed E-state index contributed by atoms with van der Waals surface area (Å²) in [6.45, 7) is 0. The van der Waals surface area contributed by atoms with Crippen molar-refractivity contribution in [2.24, 2.45) is 23.7 Å². The van der Waals surface area contributed by atoms with E-state index in [0.29, 0.717) is 10.7 Å². The minimum Gasteiger partial charge on any atom is -0.481 e. The molecule has 1 amide bonds. The molecule has 2 aliphatic carbocycles. The van der Waals surface area contributed by atoms with E-state index in [0.717, 1.165) is 6.42 Å². The average Bonchev–Trinajstić information content (AvgIpc) is 3.04. The van der Waals surface area contributed by atoms with Crippen LogP contribution in [0.5, 0.6) is 0 Å². The summed E-state index contributed by atoms with van der Waals surface area (Å²) in [6, 6.07) is 4.95. The van der Waals surface area contributed by atoms with Gasteiger partial charge >= 0.3 is 5.97 Å². The number of anilines is 1. The lowest BCUT2D eigenvalue weighted by atomic mass is 9.82. The molecule has 2 aliphatic rings. The normalized spacial score (nSPS) is 29.6. The monoisotopic (exact) mass is 325 g/mol. The van der Waals surface area contributed by atoms with Crippen LogP contribution in [0, 0.1) is 23.7 Å². The summed E-state index contributed by atoms with van der Waals surface area (Å²) in [5, 5.41) is 12.7. The van der Waals surface area contributed by atoms with Gasteiger partial charge in [-0.3, -0.25) is 9.59 Å². The van der Waals surface area contributed by atoms with Crippen molar-refractivity contribution in [3.8, 4) is 0 Å². The minimum absolute atomic E-state index is 0.0194. The second kappa shape index (κ2) is 5.35. The van der Waals surface area contributed by atoms with Crippen molar-refractivity contribution in [1.29, 1.82) is 0 Å². The van der Waals surface area contributed by atoms with E-state index < -0.39 is 17.8 Å². The van der Waals surface area contributed by atoms with Gasteiger partial charge in [0.05, 0.1) is 27.6 Å². The summed E-state index contributed by atoms with van der Waals surface area (Å²) in [4.78, 5) is 23.9. The molecule has 3 rings (SSSR count). The van der Waals surface area contributed by atoms with Gasteiger partial charge in [0.25, 0.3) is 0 Å². The number of allylic oxidation sites excluding steroid dienone is 2. The van der Waals surface area contributed by atoms with Crippen molar-refractivity contribution >= 4 is 40.8 Å². The molecule has 0 saturated heterocycles. The summed E-state index contributed by atoms with van der Waals surface area (Å²) in [5.74, 6) is -2.55. The molecule has 6 heteroatoms. The molecule has 0 heterocycles. The number of fused-ring (bicyclic) bond motifs is 2. The summed E-state index contributed by atoms with van der Waals surface area (Å²) >= 11 is 12.0. The number of amides is 1. The third kappa shape index (κ3) is 2.43. The third-order valence-electron chi connectivity index (χ3n) is 4.26. The van der Waals surface area contributed by atoms with Crippen LogP contribution in [0.3, 0.4) is 0 Å². The third-order valence-corrected chi connectivity index (χ3v) is 5.08. The number of halogens is 2. The molecule has 1 aromatic carbocycles. The average molecular weight is 326 g/mol. The van der Waals surface area contributed by atoms with E-state index in [1.54, 1.807) is 18.2 Å². The van der Waals surface area contributed by atoms with Crippen molar-refractivity contribution in [1.82, 2.24) is 0 Å². The molecule has 4 nitrogen and oxygen atoms in total. The lowest BCUT2D eigenvalue weighted by molar-refractivity contribution is -0.146. The van der Waals surface area contributed by atoms with Gasteiger partial charge < -0.3 is 10.4 Å². The number of carbonyl (C=O) groups is 2. The standard InChI is InChI=1S/C15H13Cl2NO3/c16-9-2-1-3-10(13(9)17)18-14(19)11-7-4-5-8(6-7)12(11)15(20)21/h1-5,7-8,11-12H,6H2,(H,18,19)(H,20,21)/t7-,8+,11-,12-/m0/s1. The zero-order chi connectivity index (χ0) is 15.1. The topological polar surface area (TPSA) is 66.4 Å². The lowest BCUT2D eigenvalue weighted by Gasteiger charge is -2.24. The van der Waals surface area contributed by atoms with E-state index in [4.69, 9.17) is 23.2 Å². The number of aliphatic carboxylic acids is 1. The van der Waals surface area contributed by atoms with Crippen molar-refractivity contribution in [3.63, 3.8) is 0 Å². The molecule has 110 valence electrons. The predicted molar refractivity (Wildman–Crippen MR) is 80.4 cm³/mol. The van der Waals surface area contributed by atoms with Crippen LogP contribution in [0.25, 0.3) is 0 Å². The molecule has 4 atom stereocenters. The molecule has 0 spiro atoms. The highest BCUT2D eigenvalue weighted by Gasteiger charge is 2.51. The van der Waals surface area contributed by atoms with Gasteiger partial charge in [0.1, 0.15) is 0 Å². The van der Waals surface area contributed by atoms with Crippen molar-refractivity contribution < 1.29 is 14.7 Å². The fourth-order valence-electron chi connectivity index (χ4n) is 3.33. The fraction of sp³-hybridized carbons (Fsp3) is 0.333. The molecular weight excluding hydrogens is 313 g/mol. The molecule has 0 radical (unpaired) electrons. The predicted octanol–water partition coefficient (Wildman–Crippen LogP) is 3.45. The number of carboxylic acid groups (broad SMARTS) is 1. The number of rotatable bonds is 3. The molecule has 0 aliphatic heterocycles. The van der Waals surface area contributed by atoms with E-state index in [-0.39, 0.29) is 22.8 Å². The molecule has 1 aromatic rings. The Balaban J connectivity index is 1.84. The van der Waals surface area contributed by atoms with Gasteiger partial charge in [0.15, 0.2) is 0 Å². The maximum Gasteiger partial charge on any atom is 0.307 e. The Morgan fingerprint density at radius 2 is 1.81 bits per heavy atom. The zero-order valence-electron chi connectivity index (χ0n) is 10.9. The smallest absolute Gasteiger partial charge is 0.307 e. The Bertz CT molecular complexity index is 644. The second-order valence-electron chi connectivity index (χ2n) is 5.43. The molecule has 0 aromatic heterocycles. The first-order valence-corrected chi connectivity index (χ1v) is 7.40. The van der Waals surface area contributed by atoms with Gasteiger partial charge in [0, 0.05) is 0 Å². The van der Waals surface area contributed by atoms with Crippen molar-refractivity contribution in [2.45, 2.75) is 6.42 Å².